The van der Waals surface area contributed by atoms with Gasteiger partial charge >= 0.3 is 0 Å². The van der Waals surface area contributed by atoms with Gasteiger partial charge in [0, 0.05) is 12.8 Å². The molecule has 0 aromatic heterocycles. The maximum absolute atomic E-state index is 13.8. The highest BCUT2D eigenvalue weighted by Crippen LogP contribution is 2.67. The molecule has 4 rings (SSSR count). The Morgan fingerprint density at radius 2 is 1.97 bits per heavy atom. The van der Waals surface area contributed by atoms with Crippen LogP contribution in [0, 0.1) is 16.7 Å². The number of hydrogen-bond donors (Lipinski definition) is 2. The van der Waals surface area contributed by atoms with E-state index in [2.05, 4.69) is 25.2 Å². The van der Waals surface area contributed by atoms with Crippen LogP contribution in [0.25, 0.3) is 0 Å². The van der Waals surface area contributed by atoms with E-state index in [0.717, 1.165) is 31.3 Å². The molecule has 0 heterocycles. The van der Waals surface area contributed by atoms with E-state index in [1.165, 1.54) is 37.7 Å². The van der Waals surface area contributed by atoms with Gasteiger partial charge in [-0.3, -0.25) is 0 Å². The Kier molecular flexibility index (Phi) is 6.09. The van der Waals surface area contributed by atoms with Crippen LogP contribution in [0.4, 0.5) is 4.39 Å². The van der Waals surface area contributed by atoms with Crippen molar-refractivity contribution in [3.05, 3.63) is 34.9 Å². The van der Waals surface area contributed by atoms with Crippen molar-refractivity contribution < 1.29 is 14.6 Å². The van der Waals surface area contributed by atoms with Crippen LogP contribution >= 0.6 is 0 Å². The van der Waals surface area contributed by atoms with Crippen LogP contribution in [0.2, 0.25) is 0 Å². The first-order valence-electron chi connectivity index (χ1n) is 12.3. The second-order valence-corrected chi connectivity index (χ2v) is 11.6. The van der Waals surface area contributed by atoms with E-state index in [9.17, 15) is 14.6 Å². The third kappa shape index (κ3) is 4.63. The number of fused-ring (bicyclic) bond motifs is 1. The van der Waals surface area contributed by atoms with Gasteiger partial charge in [0.1, 0.15) is 6.17 Å². The Morgan fingerprint density at radius 3 is 2.63 bits per heavy atom. The van der Waals surface area contributed by atoms with E-state index < -0.39 is 17.9 Å². The molecule has 2 N–H and O–H groups in total. The average Bonchev–Trinajstić information content (AvgIpc) is 3.31. The van der Waals surface area contributed by atoms with Crippen molar-refractivity contribution in [2.75, 3.05) is 0 Å². The lowest BCUT2D eigenvalue weighted by atomic mass is 9.61. The molecule has 0 saturated heterocycles. The first kappa shape index (κ1) is 22.3. The number of allylic oxidation sites excluding steroid dienone is 5. The third-order valence-electron chi connectivity index (χ3n) is 8.46. The summed E-state index contributed by atoms with van der Waals surface area (Å²) in [5, 5.41) is 20.0. The van der Waals surface area contributed by atoms with Crippen molar-refractivity contribution in [2.45, 2.75) is 116 Å². The zero-order valence-electron chi connectivity index (χ0n) is 19.2. The molecule has 0 aromatic carbocycles. The topological polar surface area (TPSA) is 40.5 Å². The standard InChI is InChI=1S/C27H41FO2/c1-25(2,30)11-5-13-27(14-15-27)24-10-9-23-20(6-4-12-26(23,24)3)8-7-19-16-21(28)18-22(29)17-19/h7-8,10,21-23,29-30H,4-6,9,11-18H2,1-3H3/b19-7+,20-8+/t21-,22-,23+,26+/m1/s1. The Morgan fingerprint density at radius 1 is 1.20 bits per heavy atom. The summed E-state index contributed by atoms with van der Waals surface area (Å²) >= 11 is 0. The van der Waals surface area contributed by atoms with Crippen LogP contribution in [0.3, 0.4) is 0 Å². The monoisotopic (exact) mass is 416 g/mol. The smallest absolute Gasteiger partial charge is 0.106 e. The Labute approximate surface area is 182 Å². The van der Waals surface area contributed by atoms with Crippen molar-refractivity contribution in [2.24, 2.45) is 16.7 Å². The molecule has 0 radical (unpaired) electrons. The molecule has 3 heteroatoms. The summed E-state index contributed by atoms with van der Waals surface area (Å²) in [5.41, 5.74) is 4.41. The van der Waals surface area contributed by atoms with E-state index in [0.29, 0.717) is 24.2 Å². The minimum atomic E-state index is -0.895. The highest BCUT2D eigenvalue weighted by Gasteiger charge is 2.56. The van der Waals surface area contributed by atoms with E-state index in [1.807, 2.05) is 13.8 Å². The molecule has 0 aliphatic heterocycles. The van der Waals surface area contributed by atoms with Gasteiger partial charge in [0.2, 0.25) is 0 Å². The number of aliphatic hydroxyl groups excluding tert-OH is 1. The average molecular weight is 417 g/mol. The number of rotatable bonds is 6. The van der Waals surface area contributed by atoms with Gasteiger partial charge in [0.25, 0.3) is 0 Å². The summed E-state index contributed by atoms with van der Waals surface area (Å²) in [7, 11) is 0. The largest absolute Gasteiger partial charge is 0.393 e. The molecule has 2 nitrogen and oxygen atoms in total. The Bertz CT molecular complexity index is 724. The Balaban J connectivity index is 1.47. The summed E-state index contributed by atoms with van der Waals surface area (Å²) in [6, 6.07) is 0. The fraction of sp³-hybridized carbons (Fsp3) is 0.778. The molecule has 168 valence electrons. The SMILES string of the molecule is CC(C)(O)CCCC1(C2=CC[C@H]3/C(=C/C=C4/C[C@@H](O)C[C@H](F)C4)CCC[C@]23C)CC1. The number of hydrogen-bond acceptors (Lipinski definition) is 2. The van der Waals surface area contributed by atoms with Crippen molar-refractivity contribution in [1.82, 2.24) is 0 Å². The summed E-state index contributed by atoms with van der Waals surface area (Å²) < 4.78 is 13.8. The van der Waals surface area contributed by atoms with Gasteiger partial charge in [0.05, 0.1) is 11.7 Å². The number of aliphatic hydroxyl groups is 2. The van der Waals surface area contributed by atoms with Crippen LogP contribution in [0.1, 0.15) is 97.8 Å². The number of halogens is 1. The second kappa shape index (κ2) is 8.20. The van der Waals surface area contributed by atoms with Gasteiger partial charge < -0.3 is 10.2 Å². The van der Waals surface area contributed by atoms with Gasteiger partial charge in [0.15, 0.2) is 0 Å². The zero-order chi connectivity index (χ0) is 21.6. The third-order valence-corrected chi connectivity index (χ3v) is 8.46. The fourth-order valence-corrected chi connectivity index (χ4v) is 6.80. The molecule has 30 heavy (non-hydrogen) atoms. The van der Waals surface area contributed by atoms with Crippen LogP contribution in [-0.2, 0) is 0 Å². The van der Waals surface area contributed by atoms with E-state index >= 15 is 0 Å². The summed E-state index contributed by atoms with van der Waals surface area (Å²) in [6.45, 7) is 6.33. The highest BCUT2D eigenvalue weighted by molar-refractivity contribution is 5.39. The predicted octanol–water partition coefficient (Wildman–Crippen LogP) is 6.58. The molecule has 4 aliphatic carbocycles. The maximum atomic E-state index is 13.8. The van der Waals surface area contributed by atoms with E-state index in [4.69, 9.17) is 0 Å². The molecule has 3 saturated carbocycles. The lowest BCUT2D eigenvalue weighted by Gasteiger charge is -2.43. The molecule has 0 bridgehead atoms. The first-order valence-corrected chi connectivity index (χ1v) is 12.3. The summed E-state index contributed by atoms with van der Waals surface area (Å²) in [6.07, 6.45) is 17.6. The molecule has 0 unspecified atom stereocenters. The fourth-order valence-electron chi connectivity index (χ4n) is 6.80. The summed E-state index contributed by atoms with van der Waals surface area (Å²) in [5.74, 6) is 0.583. The van der Waals surface area contributed by atoms with Crippen molar-refractivity contribution in [3.63, 3.8) is 0 Å². The van der Waals surface area contributed by atoms with Crippen molar-refractivity contribution in [1.29, 1.82) is 0 Å². The molecule has 0 aromatic rings. The van der Waals surface area contributed by atoms with E-state index in [-0.39, 0.29) is 11.8 Å². The molecule has 4 atom stereocenters. The lowest BCUT2D eigenvalue weighted by molar-refractivity contribution is 0.0663. The minimum Gasteiger partial charge on any atom is -0.393 e. The second-order valence-electron chi connectivity index (χ2n) is 11.6. The normalized spacial score (nSPS) is 38.6. The van der Waals surface area contributed by atoms with E-state index in [1.54, 1.807) is 5.57 Å². The first-order chi connectivity index (χ1) is 14.1. The molecular formula is C27H41FO2. The quantitative estimate of drug-likeness (QED) is 0.480. The Hall–Kier alpha value is -0.930. The van der Waals surface area contributed by atoms with Gasteiger partial charge in [-0.1, -0.05) is 41.9 Å². The number of alkyl halides is 1. The molecule has 0 spiro atoms. The van der Waals surface area contributed by atoms with Crippen LogP contribution < -0.4 is 0 Å². The predicted molar refractivity (Wildman–Crippen MR) is 121 cm³/mol. The van der Waals surface area contributed by atoms with Gasteiger partial charge in [-0.05, 0) is 94.8 Å². The van der Waals surface area contributed by atoms with Crippen LogP contribution in [0.15, 0.2) is 34.9 Å². The van der Waals surface area contributed by atoms with Crippen molar-refractivity contribution >= 4 is 0 Å². The lowest BCUT2D eigenvalue weighted by Crippen LogP contribution is -2.33. The van der Waals surface area contributed by atoms with Crippen molar-refractivity contribution in [3.8, 4) is 0 Å². The molecule has 0 amide bonds. The zero-order valence-corrected chi connectivity index (χ0v) is 19.2. The minimum absolute atomic E-state index is 0.266. The highest BCUT2D eigenvalue weighted by atomic mass is 19.1. The maximum Gasteiger partial charge on any atom is 0.106 e. The molecule has 3 fully saturated rings. The van der Waals surface area contributed by atoms with Gasteiger partial charge in [-0.2, -0.15) is 0 Å². The van der Waals surface area contributed by atoms with Crippen LogP contribution in [0.5, 0.6) is 0 Å². The van der Waals surface area contributed by atoms with Gasteiger partial charge in [-0.25, -0.2) is 4.39 Å². The van der Waals surface area contributed by atoms with Gasteiger partial charge in [-0.15, -0.1) is 0 Å². The molecule has 4 aliphatic rings. The molecular weight excluding hydrogens is 375 g/mol. The summed E-state index contributed by atoms with van der Waals surface area (Å²) in [4.78, 5) is 0. The van der Waals surface area contributed by atoms with Crippen LogP contribution in [-0.4, -0.2) is 28.1 Å².